The van der Waals surface area contributed by atoms with Crippen LogP contribution in [-0.2, 0) is 4.79 Å². The maximum atomic E-state index is 13.4. The van der Waals surface area contributed by atoms with Crippen LogP contribution >= 0.6 is 11.6 Å². The number of benzene rings is 1. The zero-order valence-corrected chi connectivity index (χ0v) is 11.2. The summed E-state index contributed by atoms with van der Waals surface area (Å²) in [5, 5.41) is 19.9. The lowest BCUT2D eigenvalue weighted by Gasteiger charge is -2.21. The third-order valence-electron chi connectivity index (χ3n) is 2.42. The van der Waals surface area contributed by atoms with E-state index in [-0.39, 0.29) is 0 Å². The molecule has 5 nitrogen and oxygen atoms in total. The van der Waals surface area contributed by atoms with E-state index in [1.807, 2.05) is 0 Å². The van der Waals surface area contributed by atoms with Crippen LogP contribution in [0.15, 0.2) is 12.1 Å². The molecule has 0 radical (unpaired) electrons. The second kappa shape index (κ2) is 6.15. The molecule has 1 unspecified atom stereocenters. The van der Waals surface area contributed by atoms with Crippen molar-refractivity contribution in [2.24, 2.45) is 0 Å². The van der Waals surface area contributed by atoms with Crippen molar-refractivity contribution >= 4 is 23.5 Å². The maximum absolute atomic E-state index is 13.4. The fraction of sp³-hybridized carbons (Fsp3) is 0.333. The van der Waals surface area contributed by atoms with Crippen molar-refractivity contribution in [1.82, 2.24) is 5.32 Å². The van der Waals surface area contributed by atoms with Gasteiger partial charge >= 0.3 is 5.97 Å². The number of halogens is 3. The van der Waals surface area contributed by atoms with E-state index in [9.17, 15) is 23.5 Å². The first-order valence-electron chi connectivity index (χ1n) is 5.49. The van der Waals surface area contributed by atoms with Crippen LogP contribution in [-0.4, -0.2) is 34.2 Å². The van der Waals surface area contributed by atoms with Crippen molar-refractivity contribution in [2.45, 2.75) is 18.9 Å². The summed E-state index contributed by atoms with van der Waals surface area (Å²) in [5.74, 6) is -4.22. The predicted molar refractivity (Wildman–Crippen MR) is 66.6 cm³/mol. The highest BCUT2D eigenvalue weighted by molar-refractivity contribution is 6.30. The summed E-state index contributed by atoms with van der Waals surface area (Å²) in [5.41, 5.74) is -2.29. The van der Waals surface area contributed by atoms with E-state index in [1.54, 1.807) is 0 Å². The SMILES string of the molecule is CC(O)(CNC(=O)c1cc(F)c(Cl)cc1F)CC(=O)O. The van der Waals surface area contributed by atoms with Crippen LogP contribution in [0.1, 0.15) is 23.7 Å². The van der Waals surface area contributed by atoms with Gasteiger partial charge in [-0.15, -0.1) is 0 Å². The molecule has 0 aromatic heterocycles. The van der Waals surface area contributed by atoms with Crippen LogP contribution in [0.4, 0.5) is 8.78 Å². The van der Waals surface area contributed by atoms with Crippen molar-refractivity contribution in [3.63, 3.8) is 0 Å². The first-order valence-corrected chi connectivity index (χ1v) is 5.87. The number of amides is 1. The molecule has 1 rings (SSSR count). The van der Waals surface area contributed by atoms with Gasteiger partial charge in [-0.1, -0.05) is 11.6 Å². The molecule has 8 heteroatoms. The Hall–Kier alpha value is -1.73. The summed E-state index contributed by atoms with van der Waals surface area (Å²) in [7, 11) is 0. The van der Waals surface area contributed by atoms with E-state index >= 15 is 0 Å². The quantitative estimate of drug-likeness (QED) is 0.721. The van der Waals surface area contributed by atoms with Gasteiger partial charge in [0.2, 0.25) is 0 Å². The van der Waals surface area contributed by atoms with Gasteiger partial charge in [0.1, 0.15) is 11.6 Å². The minimum Gasteiger partial charge on any atom is -0.481 e. The largest absolute Gasteiger partial charge is 0.481 e. The average Bonchev–Trinajstić information content (AvgIpc) is 2.29. The molecule has 1 atom stereocenters. The summed E-state index contributed by atoms with van der Waals surface area (Å²) in [6, 6.07) is 1.28. The number of carboxylic acid groups (broad SMARTS) is 1. The molecule has 3 N–H and O–H groups in total. The van der Waals surface area contributed by atoms with Crippen molar-refractivity contribution in [1.29, 1.82) is 0 Å². The smallest absolute Gasteiger partial charge is 0.306 e. The Morgan fingerprint density at radius 2 is 1.95 bits per heavy atom. The number of hydrogen-bond donors (Lipinski definition) is 3. The predicted octanol–water partition coefficient (Wildman–Crippen LogP) is 1.57. The molecule has 1 amide bonds. The van der Waals surface area contributed by atoms with E-state index < -0.39 is 52.7 Å². The normalized spacial score (nSPS) is 13.7. The molecular formula is C12H12ClF2NO4. The number of carbonyl (C=O) groups excluding carboxylic acids is 1. The maximum Gasteiger partial charge on any atom is 0.306 e. The molecular weight excluding hydrogens is 296 g/mol. The summed E-state index contributed by atoms with van der Waals surface area (Å²) >= 11 is 5.35. The highest BCUT2D eigenvalue weighted by Gasteiger charge is 2.26. The topological polar surface area (TPSA) is 86.6 Å². The molecule has 0 heterocycles. The van der Waals surface area contributed by atoms with Gasteiger partial charge in [-0.2, -0.15) is 0 Å². The molecule has 110 valence electrons. The average molecular weight is 308 g/mol. The Morgan fingerprint density at radius 1 is 1.35 bits per heavy atom. The minimum absolute atomic E-state index is 0.429. The fourth-order valence-electron chi connectivity index (χ4n) is 1.45. The highest BCUT2D eigenvalue weighted by Crippen LogP contribution is 2.19. The number of aliphatic carboxylic acids is 1. The van der Waals surface area contributed by atoms with E-state index in [0.29, 0.717) is 12.1 Å². The lowest BCUT2D eigenvalue weighted by molar-refractivity contribution is -0.141. The van der Waals surface area contributed by atoms with Gasteiger partial charge in [0.15, 0.2) is 0 Å². The Bertz CT molecular complexity index is 549. The summed E-state index contributed by atoms with van der Waals surface area (Å²) < 4.78 is 26.6. The number of rotatable bonds is 5. The van der Waals surface area contributed by atoms with E-state index in [0.717, 1.165) is 0 Å². The zero-order chi connectivity index (χ0) is 15.5. The van der Waals surface area contributed by atoms with Gasteiger partial charge in [0.25, 0.3) is 5.91 Å². The van der Waals surface area contributed by atoms with E-state index in [4.69, 9.17) is 16.7 Å². The summed E-state index contributed by atoms with van der Waals surface area (Å²) in [4.78, 5) is 22.1. The lowest BCUT2D eigenvalue weighted by atomic mass is 10.0. The molecule has 0 saturated heterocycles. The van der Waals surface area contributed by atoms with Crippen LogP contribution in [0, 0.1) is 11.6 Å². The molecule has 0 fully saturated rings. The highest BCUT2D eigenvalue weighted by atomic mass is 35.5. The number of carboxylic acids is 1. The van der Waals surface area contributed by atoms with Gasteiger partial charge < -0.3 is 15.5 Å². The van der Waals surface area contributed by atoms with Crippen molar-refractivity contribution < 1.29 is 28.6 Å². The van der Waals surface area contributed by atoms with Gasteiger partial charge in [0.05, 0.1) is 22.6 Å². The number of hydrogen-bond acceptors (Lipinski definition) is 3. The molecule has 0 aliphatic carbocycles. The monoisotopic (exact) mass is 307 g/mol. The molecule has 0 bridgehead atoms. The standard InChI is InChI=1S/C12H12ClF2NO4/c1-12(20,4-10(17)18)5-16-11(19)6-2-9(15)7(13)3-8(6)14/h2-3,20H,4-5H2,1H3,(H,16,19)(H,17,18). The molecule has 1 aromatic rings. The van der Waals surface area contributed by atoms with Crippen molar-refractivity contribution in [3.05, 3.63) is 34.4 Å². The van der Waals surface area contributed by atoms with Crippen LogP contribution in [0.3, 0.4) is 0 Å². The van der Waals surface area contributed by atoms with Gasteiger partial charge in [-0.3, -0.25) is 9.59 Å². The summed E-state index contributed by atoms with van der Waals surface area (Å²) in [6.45, 7) is 0.766. The Kier molecular flexibility index (Phi) is 5.02. The molecule has 1 aromatic carbocycles. The molecule has 0 aliphatic rings. The number of aliphatic hydroxyl groups is 1. The van der Waals surface area contributed by atoms with Crippen LogP contribution in [0.25, 0.3) is 0 Å². The zero-order valence-electron chi connectivity index (χ0n) is 10.4. The first-order chi connectivity index (χ1) is 9.12. The van der Waals surface area contributed by atoms with Gasteiger partial charge in [-0.25, -0.2) is 8.78 Å². The Morgan fingerprint density at radius 3 is 2.50 bits per heavy atom. The molecule has 0 aliphatic heterocycles. The minimum atomic E-state index is -1.71. The molecule has 20 heavy (non-hydrogen) atoms. The third-order valence-corrected chi connectivity index (χ3v) is 2.71. The Labute approximate surface area is 118 Å². The second-order valence-electron chi connectivity index (χ2n) is 4.50. The van der Waals surface area contributed by atoms with Gasteiger partial charge in [0, 0.05) is 6.54 Å². The van der Waals surface area contributed by atoms with Crippen molar-refractivity contribution in [2.75, 3.05) is 6.54 Å². The molecule has 0 spiro atoms. The van der Waals surface area contributed by atoms with E-state index in [1.165, 1.54) is 6.92 Å². The van der Waals surface area contributed by atoms with Crippen molar-refractivity contribution in [3.8, 4) is 0 Å². The first kappa shape index (κ1) is 16.3. The van der Waals surface area contributed by atoms with Crippen LogP contribution in [0.5, 0.6) is 0 Å². The fourth-order valence-corrected chi connectivity index (χ4v) is 1.60. The lowest BCUT2D eigenvalue weighted by Crippen LogP contribution is -2.42. The van der Waals surface area contributed by atoms with Crippen LogP contribution in [0.2, 0.25) is 5.02 Å². The Balaban J connectivity index is 2.78. The summed E-state index contributed by atoms with van der Waals surface area (Å²) in [6.07, 6.45) is -0.606. The number of nitrogens with one attached hydrogen (secondary N) is 1. The van der Waals surface area contributed by atoms with Gasteiger partial charge in [-0.05, 0) is 19.1 Å². The van der Waals surface area contributed by atoms with E-state index in [2.05, 4.69) is 5.32 Å². The second-order valence-corrected chi connectivity index (χ2v) is 4.90. The van der Waals surface area contributed by atoms with Crippen LogP contribution < -0.4 is 5.32 Å². The molecule has 0 saturated carbocycles. The third kappa shape index (κ3) is 4.43. The number of carbonyl (C=O) groups is 2.